The van der Waals surface area contributed by atoms with Crippen LogP contribution in [-0.4, -0.2) is 65.7 Å². The number of hydrogen-bond acceptors (Lipinski definition) is 5. The highest BCUT2D eigenvalue weighted by Gasteiger charge is 2.15. The molecule has 1 fully saturated rings. The Morgan fingerprint density at radius 1 is 1.27 bits per heavy atom. The Morgan fingerprint density at radius 2 is 2.07 bits per heavy atom. The van der Waals surface area contributed by atoms with E-state index >= 15 is 0 Å². The predicted molar refractivity (Wildman–Crippen MR) is 123 cm³/mol. The van der Waals surface area contributed by atoms with Gasteiger partial charge in [-0.05, 0) is 43.4 Å². The summed E-state index contributed by atoms with van der Waals surface area (Å²) in [6.07, 6.45) is 3.93. The minimum Gasteiger partial charge on any atom is -0.493 e. The first-order valence-corrected chi connectivity index (χ1v) is 9.88. The van der Waals surface area contributed by atoms with Crippen LogP contribution >= 0.6 is 24.0 Å². The summed E-state index contributed by atoms with van der Waals surface area (Å²) in [5.41, 5.74) is 0.854. The number of guanidine groups is 1. The minimum absolute atomic E-state index is 0. The van der Waals surface area contributed by atoms with E-state index in [0.29, 0.717) is 32.1 Å². The van der Waals surface area contributed by atoms with Crippen molar-refractivity contribution >= 4 is 29.9 Å². The van der Waals surface area contributed by atoms with Gasteiger partial charge in [0, 0.05) is 33.4 Å². The number of nitrogens with zero attached hydrogens (tertiary/aromatic N) is 1. The summed E-state index contributed by atoms with van der Waals surface area (Å²) in [4.78, 5) is 4.17. The van der Waals surface area contributed by atoms with Crippen molar-refractivity contribution in [2.24, 2.45) is 4.99 Å². The average Bonchev–Trinajstić information content (AvgIpc) is 3.22. The molecule has 2 N–H and O–H groups in total. The second-order valence-electron chi connectivity index (χ2n) is 6.60. The zero-order chi connectivity index (χ0) is 20.9. The fourth-order valence-electron chi connectivity index (χ4n) is 2.98. The molecule has 1 saturated heterocycles. The van der Waals surface area contributed by atoms with Gasteiger partial charge in [0.05, 0.1) is 19.8 Å². The Kier molecular flexibility index (Phi) is 13.7. The van der Waals surface area contributed by atoms with Gasteiger partial charge in [0.15, 0.2) is 17.5 Å². The van der Waals surface area contributed by atoms with E-state index in [0.717, 1.165) is 38.0 Å². The average molecular weight is 543 g/mol. The van der Waals surface area contributed by atoms with Gasteiger partial charge >= 0.3 is 6.61 Å². The van der Waals surface area contributed by atoms with Crippen molar-refractivity contribution < 1.29 is 27.7 Å². The minimum atomic E-state index is -2.89. The molecule has 0 spiro atoms. The molecule has 0 aliphatic carbocycles. The van der Waals surface area contributed by atoms with Crippen LogP contribution in [0.2, 0.25) is 0 Å². The van der Waals surface area contributed by atoms with Crippen LogP contribution < -0.4 is 20.1 Å². The highest BCUT2D eigenvalue weighted by molar-refractivity contribution is 14.0. The first kappa shape index (κ1) is 26.6. The summed E-state index contributed by atoms with van der Waals surface area (Å²) < 4.78 is 45.7. The molecule has 1 atom stereocenters. The molecule has 0 aromatic heterocycles. The first-order valence-electron chi connectivity index (χ1n) is 9.88. The Labute approximate surface area is 193 Å². The van der Waals surface area contributed by atoms with Crippen molar-refractivity contribution in [3.05, 3.63) is 23.8 Å². The monoisotopic (exact) mass is 543 g/mol. The highest BCUT2D eigenvalue weighted by Crippen LogP contribution is 2.29. The number of ether oxygens (including phenoxy) is 4. The second-order valence-corrected chi connectivity index (χ2v) is 6.60. The Morgan fingerprint density at radius 3 is 2.73 bits per heavy atom. The first-order chi connectivity index (χ1) is 14.1. The van der Waals surface area contributed by atoms with Crippen LogP contribution in [0.1, 0.15) is 24.8 Å². The van der Waals surface area contributed by atoms with Gasteiger partial charge in [-0.3, -0.25) is 4.99 Å². The number of hydrogen-bond donors (Lipinski definition) is 2. The fraction of sp³-hybridized carbons (Fsp3) is 0.650. The number of methoxy groups -OCH3 is 1. The third-order valence-corrected chi connectivity index (χ3v) is 4.46. The maximum absolute atomic E-state index is 12.5. The summed E-state index contributed by atoms with van der Waals surface area (Å²) in [5, 5.41) is 6.42. The molecule has 0 radical (unpaired) electrons. The van der Waals surface area contributed by atoms with Gasteiger partial charge in [-0.1, -0.05) is 6.07 Å². The number of nitrogens with one attached hydrogen (secondary N) is 2. The molecule has 10 heteroatoms. The number of rotatable bonds is 12. The molecule has 1 aromatic rings. The zero-order valence-corrected chi connectivity index (χ0v) is 19.8. The van der Waals surface area contributed by atoms with Crippen molar-refractivity contribution in [3.8, 4) is 11.5 Å². The van der Waals surface area contributed by atoms with Gasteiger partial charge in [0.25, 0.3) is 0 Å². The van der Waals surface area contributed by atoms with Crippen LogP contribution in [-0.2, 0) is 15.9 Å². The van der Waals surface area contributed by atoms with E-state index in [9.17, 15) is 8.78 Å². The fourth-order valence-corrected chi connectivity index (χ4v) is 2.98. The van der Waals surface area contributed by atoms with Gasteiger partial charge in [-0.2, -0.15) is 8.78 Å². The Hall–Kier alpha value is -1.40. The molecule has 0 amide bonds. The number of aliphatic imine (C=N–C) groups is 1. The normalized spacial score (nSPS) is 16.3. The summed E-state index contributed by atoms with van der Waals surface area (Å²) in [7, 11) is 3.11. The molecule has 1 aliphatic heterocycles. The predicted octanol–water partition coefficient (Wildman–Crippen LogP) is 3.21. The molecule has 1 heterocycles. The summed E-state index contributed by atoms with van der Waals surface area (Å²) >= 11 is 0. The molecular formula is C20H32F2IN3O4. The molecule has 1 unspecified atom stereocenters. The lowest BCUT2D eigenvalue weighted by molar-refractivity contribution is -0.0512. The number of benzene rings is 1. The van der Waals surface area contributed by atoms with Crippen molar-refractivity contribution in [2.45, 2.75) is 38.4 Å². The largest absolute Gasteiger partial charge is 0.493 e. The van der Waals surface area contributed by atoms with Crippen molar-refractivity contribution in [1.29, 1.82) is 0 Å². The highest BCUT2D eigenvalue weighted by atomic mass is 127. The third-order valence-electron chi connectivity index (χ3n) is 4.46. The molecule has 1 aliphatic rings. The Balaban J connectivity index is 0.00000450. The van der Waals surface area contributed by atoms with Gasteiger partial charge in [0.1, 0.15) is 0 Å². The van der Waals surface area contributed by atoms with Crippen LogP contribution in [0.3, 0.4) is 0 Å². The number of alkyl halides is 2. The summed E-state index contributed by atoms with van der Waals surface area (Å²) in [5.74, 6) is 0.994. The lowest BCUT2D eigenvalue weighted by atomic mass is 10.1. The maximum atomic E-state index is 12.5. The SMILES string of the molecule is CN=C(NCCCOCC1CCCO1)NCCc1ccc(OC)c(OC(F)F)c1.I. The molecule has 30 heavy (non-hydrogen) atoms. The standard InChI is InChI=1S/C20H31F2N3O4.HI/c1-23-20(24-9-4-11-27-14-16-5-3-12-28-16)25-10-8-15-6-7-17(26-2)18(13-15)29-19(21)22;/h6-7,13,16,19H,3-5,8-12,14H2,1-2H3,(H2,23,24,25);1H. The van der Waals surface area contributed by atoms with Crippen LogP contribution in [0.25, 0.3) is 0 Å². The maximum Gasteiger partial charge on any atom is 0.387 e. The van der Waals surface area contributed by atoms with E-state index in [2.05, 4.69) is 20.4 Å². The van der Waals surface area contributed by atoms with Crippen LogP contribution in [0.5, 0.6) is 11.5 Å². The third kappa shape index (κ3) is 10.1. The van der Waals surface area contributed by atoms with Gasteiger partial charge in [-0.15, -0.1) is 24.0 Å². The summed E-state index contributed by atoms with van der Waals surface area (Å²) in [6, 6.07) is 5.01. The van der Waals surface area contributed by atoms with Crippen LogP contribution in [0.15, 0.2) is 23.2 Å². The van der Waals surface area contributed by atoms with Crippen molar-refractivity contribution in [1.82, 2.24) is 10.6 Å². The molecule has 1 aromatic carbocycles. The molecule has 2 rings (SSSR count). The Bertz CT molecular complexity index is 632. The van der Waals surface area contributed by atoms with E-state index in [-0.39, 0.29) is 41.6 Å². The van der Waals surface area contributed by atoms with E-state index in [4.69, 9.17) is 14.2 Å². The van der Waals surface area contributed by atoms with E-state index in [1.807, 2.05) is 6.07 Å². The molecular weight excluding hydrogens is 511 g/mol. The molecule has 172 valence electrons. The van der Waals surface area contributed by atoms with Crippen LogP contribution in [0.4, 0.5) is 8.78 Å². The molecule has 7 nitrogen and oxygen atoms in total. The van der Waals surface area contributed by atoms with E-state index in [1.54, 1.807) is 19.2 Å². The lowest BCUT2D eigenvalue weighted by Gasteiger charge is -2.14. The van der Waals surface area contributed by atoms with Crippen LogP contribution in [0, 0.1) is 0 Å². The number of halogens is 3. The second kappa shape index (κ2) is 15.4. The van der Waals surface area contributed by atoms with Gasteiger partial charge in [-0.25, -0.2) is 0 Å². The molecule has 0 bridgehead atoms. The van der Waals surface area contributed by atoms with E-state index < -0.39 is 6.61 Å². The zero-order valence-electron chi connectivity index (χ0n) is 17.5. The van der Waals surface area contributed by atoms with Gasteiger partial charge < -0.3 is 29.6 Å². The van der Waals surface area contributed by atoms with Gasteiger partial charge in [0.2, 0.25) is 0 Å². The van der Waals surface area contributed by atoms with Crippen molar-refractivity contribution in [2.75, 3.05) is 47.1 Å². The smallest absolute Gasteiger partial charge is 0.387 e. The topological polar surface area (TPSA) is 73.3 Å². The summed E-state index contributed by atoms with van der Waals surface area (Å²) in [6.45, 7) is 0.606. The van der Waals surface area contributed by atoms with E-state index in [1.165, 1.54) is 7.11 Å². The quantitative estimate of drug-likeness (QED) is 0.183. The lowest BCUT2D eigenvalue weighted by Crippen LogP contribution is -2.39. The van der Waals surface area contributed by atoms with Crippen molar-refractivity contribution in [3.63, 3.8) is 0 Å². The molecule has 0 saturated carbocycles.